The molecule has 0 aliphatic heterocycles. The number of benzene rings is 9. The number of anilines is 3. The lowest BCUT2D eigenvalue weighted by Crippen LogP contribution is -2.14. The molecular formula is C62H51NO. The monoisotopic (exact) mass is 825 g/mol. The molecule has 0 N–H and O–H groups in total. The molecule has 2 nitrogen and oxygen atoms in total. The van der Waals surface area contributed by atoms with Crippen LogP contribution in [0.5, 0.6) is 0 Å². The molecule has 1 heterocycles. The number of furan rings is 1. The van der Waals surface area contributed by atoms with Crippen molar-refractivity contribution in [3.05, 3.63) is 222 Å². The molecule has 64 heavy (non-hydrogen) atoms. The number of fused-ring (bicyclic) bond motifs is 6. The standard InChI is InChI=1S/C62H51NO/c1-6-40(2)50-14-7-8-15-53(50)51-36-28-45(38-41(51)3)42-22-30-47(31-23-42)63(49-34-26-44(27-35-49)52-18-13-21-60-61(52)55-17-10-12-20-59(55)64-60)48-32-24-43(25-33-48)46-29-37-58-56(39-46)54-16-9-11-19-57(54)62(58,4)5/h7-40H,6H2,1-5H3. The molecule has 310 valence electrons. The Morgan fingerprint density at radius 1 is 0.453 bits per heavy atom. The highest BCUT2D eigenvalue weighted by molar-refractivity contribution is 6.12. The zero-order valence-corrected chi connectivity index (χ0v) is 37.2. The van der Waals surface area contributed by atoms with Crippen molar-refractivity contribution < 1.29 is 4.42 Å². The van der Waals surface area contributed by atoms with Gasteiger partial charge in [-0.15, -0.1) is 0 Å². The first-order valence-electron chi connectivity index (χ1n) is 22.7. The Kier molecular flexibility index (Phi) is 9.69. The molecule has 10 aromatic rings. The second-order valence-electron chi connectivity index (χ2n) is 18.1. The molecule has 1 unspecified atom stereocenters. The zero-order chi connectivity index (χ0) is 43.5. The Hall–Kier alpha value is -7.42. The van der Waals surface area contributed by atoms with E-state index in [1.165, 1.54) is 72.3 Å². The fourth-order valence-electron chi connectivity index (χ4n) is 10.3. The number of para-hydroxylation sites is 1. The van der Waals surface area contributed by atoms with Gasteiger partial charge in [-0.2, -0.15) is 0 Å². The number of hydrogen-bond donors (Lipinski definition) is 0. The number of aryl methyl sites for hydroxylation is 1. The Morgan fingerprint density at radius 2 is 0.984 bits per heavy atom. The van der Waals surface area contributed by atoms with Crippen molar-refractivity contribution >= 4 is 39.0 Å². The Labute approximate surface area is 377 Å². The summed E-state index contributed by atoms with van der Waals surface area (Å²) in [5.41, 5.74) is 23.1. The first-order chi connectivity index (χ1) is 31.3. The molecule has 1 aliphatic carbocycles. The van der Waals surface area contributed by atoms with Gasteiger partial charge in [0.2, 0.25) is 0 Å². The molecule has 1 aliphatic rings. The summed E-state index contributed by atoms with van der Waals surface area (Å²) in [6, 6.07) is 73.5. The second kappa shape index (κ2) is 15.7. The van der Waals surface area contributed by atoms with Crippen LogP contribution < -0.4 is 4.90 Å². The predicted molar refractivity (Wildman–Crippen MR) is 271 cm³/mol. The Bertz CT molecular complexity index is 3350. The lowest BCUT2D eigenvalue weighted by atomic mass is 9.82. The molecule has 0 fully saturated rings. The number of rotatable bonds is 9. The van der Waals surface area contributed by atoms with Gasteiger partial charge in [0.15, 0.2) is 0 Å². The molecule has 0 amide bonds. The van der Waals surface area contributed by atoms with E-state index in [0.717, 1.165) is 51.0 Å². The van der Waals surface area contributed by atoms with E-state index >= 15 is 0 Å². The van der Waals surface area contributed by atoms with E-state index in [2.05, 4.69) is 228 Å². The third kappa shape index (κ3) is 6.64. The number of hydrogen-bond acceptors (Lipinski definition) is 2. The SMILES string of the molecule is CCC(C)c1ccccc1-c1ccc(-c2ccc(N(c3ccc(-c4ccc5c(c4)-c4ccccc4C5(C)C)cc3)c3ccc(-c4cccc5oc6ccccc6c45)cc3)cc2)cc1C. The largest absolute Gasteiger partial charge is 0.456 e. The predicted octanol–water partition coefficient (Wildman–Crippen LogP) is 17.9. The average molecular weight is 826 g/mol. The third-order valence-corrected chi connectivity index (χ3v) is 14.0. The van der Waals surface area contributed by atoms with Gasteiger partial charge in [0, 0.05) is 33.2 Å². The summed E-state index contributed by atoms with van der Waals surface area (Å²) in [5.74, 6) is 0.508. The van der Waals surface area contributed by atoms with E-state index in [4.69, 9.17) is 4.42 Å². The van der Waals surface area contributed by atoms with E-state index in [-0.39, 0.29) is 5.41 Å². The summed E-state index contributed by atoms with van der Waals surface area (Å²) in [6.07, 6.45) is 1.12. The molecule has 0 bridgehead atoms. The third-order valence-electron chi connectivity index (χ3n) is 14.0. The Morgan fingerprint density at radius 3 is 1.67 bits per heavy atom. The molecule has 0 radical (unpaired) electrons. The van der Waals surface area contributed by atoms with Crippen molar-refractivity contribution in [2.75, 3.05) is 4.90 Å². The summed E-state index contributed by atoms with van der Waals surface area (Å²) in [7, 11) is 0. The highest BCUT2D eigenvalue weighted by Gasteiger charge is 2.35. The second-order valence-corrected chi connectivity index (χ2v) is 18.1. The van der Waals surface area contributed by atoms with E-state index in [1.54, 1.807) is 0 Å². The minimum absolute atomic E-state index is 0.0136. The van der Waals surface area contributed by atoms with Gasteiger partial charge >= 0.3 is 0 Å². The van der Waals surface area contributed by atoms with Crippen molar-refractivity contribution in [3.8, 4) is 55.6 Å². The van der Waals surface area contributed by atoms with Crippen LogP contribution in [0.4, 0.5) is 17.1 Å². The van der Waals surface area contributed by atoms with Crippen LogP contribution in [-0.2, 0) is 5.41 Å². The lowest BCUT2D eigenvalue weighted by Gasteiger charge is -2.26. The average Bonchev–Trinajstić information content (AvgIpc) is 3.84. The summed E-state index contributed by atoms with van der Waals surface area (Å²) >= 11 is 0. The molecule has 1 aromatic heterocycles. The van der Waals surface area contributed by atoms with E-state index in [0.29, 0.717) is 5.92 Å². The molecule has 0 spiro atoms. The minimum atomic E-state index is -0.0136. The molecule has 1 atom stereocenters. The maximum absolute atomic E-state index is 6.26. The van der Waals surface area contributed by atoms with Crippen LogP contribution in [0.3, 0.4) is 0 Å². The quantitative estimate of drug-likeness (QED) is 0.144. The van der Waals surface area contributed by atoms with Crippen LogP contribution in [0.15, 0.2) is 205 Å². The topological polar surface area (TPSA) is 16.4 Å². The van der Waals surface area contributed by atoms with Crippen LogP contribution >= 0.6 is 0 Å². The van der Waals surface area contributed by atoms with Crippen molar-refractivity contribution in [3.63, 3.8) is 0 Å². The highest BCUT2D eigenvalue weighted by Crippen LogP contribution is 2.50. The van der Waals surface area contributed by atoms with Crippen molar-refractivity contribution in [1.82, 2.24) is 0 Å². The van der Waals surface area contributed by atoms with Gasteiger partial charge in [-0.1, -0.05) is 173 Å². The van der Waals surface area contributed by atoms with Gasteiger partial charge < -0.3 is 9.32 Å². The minimum Gasteiger partial charge on any atom is -0.456 e. The van der Waals surface area contributed by atoms with E-state index in [9.17, 15) is 0 Å². The Balaban J connectivity index is 0.958. The molecule has 0 saturated carbocycles. The molecular weight excluding hydrogens is 775 g/mol. The zero-order valence-electron chi connectivity index (χ0n) is 37.2. The highest BCUT2D eigenvalue weighted by atomic mass is 16.3. The van der Waals surface area contributed by atoms with Crippen molar-refractivity contribution in [1.29, 1.82) is 0 Å². The van der Waals surface area contributed by atoms with Crippen LogP contribution in [0, 0.1) is 6.92 Å². The van der Waals surface area contributed by atoms with Crippen molar-refractivity contribution in [2.24, 2.45) is 0 Å². The van der Waals surface area contributed by atoms with Crippen LogP contribution in [0.1, 0.15) is 62.3 Å². The first-order valence-corrected chi connectivity index (χ1v) is 22.7. The van der Waals surface area contributed by atoms with Gasteiger partial charge in [-0.25, -0.2) is 0 Å². The fourth-order valence-corrected chi connectivity index (χ4v) is 10.3. The molecule has 0 saturated heterocycles. The molecule has 2 heteroatoms. The van der Waals surface area contributed by atoms with Gasteiger partial charge in [0.1, 0.15) is 11.2 Å². The summed E-state index contributed by atoms with van der Waals surface area (Å²) < 4.78 is 6.26. The first kappa shape index (κ1) is 39.4. The van der Waals surface area contributed by atoms with Gasteiger partial charge in [0.05, 0.1) is 0 Å². The van der Waals surface area contributed by atoms with Gasteiger partial charge in [-0.05, 0) is 152 Å². The van der Waals surface area contributed by atoms with Crippen molar-refractivity contribution in [2.45, 2.75) is 52.4 Å². The normalized spacial score (nSPS) is 13.2. The maximum atomic E-state index is 6.26. The van der Waals surface area contributed by atoms with E-state index in [1.807, 2.05) is 12.1 Å². The fraction of sp³-hybridized carbons (Fsp3) is 0.129. The lowest BCUT2D eigenvalue weighted by molar-refractivity contribution is 0.660. The van der Waals surface area contributed by atoms with Gasteiger partial charge in [-0.3, -0.25) is 0 Å². The molecule has 9 aromatic carbocycles. The van der Waals surface area contributed by atoms with Crippen LogP contribution in [0.25, 0.3) is 77.6 Å². The summed E-state index contributed by atoms with van der Waals surface area (Å²) in [4.78, 5) is 2.37. The summed E-state index contributed by atoms with van der Waals surface area (Å²) in [5, 5.41) is 2.28. The summed E-state index contributed by atoms with van der Waals surface area (Å²) in [6.45, 7) is 11.5. The molecule has 11 rings (SSSR count). The van der Waals surface area contributed by atoms with Crippen LogP contribution in [-0.4, -0.2) is 0 Å². The smallest absolute Gasteiger partial charge is 0.136 e. The maximum Gasteiger partial charge on any atom is 0.136 e. The van der Waals surface area contributed by atoms with E-state index < -0.39 is 0 Å². The van der Waals surface area contributed by atoms with Crippen LogP contribution in [0.2, 0.25) is 0 Å². The number of nitrogens with zero attached hydrogens (tertiary/aromatic N) is 1. The van der Waals surface area contributed by atoms with Gasteiger partial charge in [0.25, 0.3) is 0 Å².